The second-order valence-electron chi connectivity index (χ2n) is 5.77. The lowest BCUT2D eigenvalue weighted by molar-refractivity contribution is -0.136. The largest absolute Gasteiger partial charge is 0.494 e. The van der Waals surface area contributed by atoms with Crippen LogP contribution in [0, 0.1) is 0 Å². The third-order valence-corrected chi connectivity index (χ3v) is 4.80. The van der Waals surface area contributed by atoms with Gasteiger partial charge in [0.1, 0.15) is 11.0 Å². The molecular formula is C20H23NO4S. The van der Waals surface area contributed by atoms with Crippen molar-refractivity contribution >= 4 is 23.6 Å². The van der Waals surface area contributed by atoms with Gasteiger partial charge in [-0.25, -0.2) is 0 Å². The van der Waals surface area contributed by atoms with E-state index in [4.69, 9.17) is 9.84 Å². The fourth-order valence-corrected chi connectivity index (χ4v) is 3.13. The quantitative estimate of drug-likeness (QED) is 0.651. The number of ether oxygens (including phenoxy) is 1. The van der Waals surface area contributed by atoms with Crippen molar-refractivity contribution in [3.63, 3.8) is 0 Å². The van der Waals surface area contributed by atoms with Crippen molar-refractivity contribution in [1.29, 1.82) is 0 Å². The monoisotopic (exact) mass is 373 g/mol. The molecule has 1 unspecified atom stereocenters. The van der Waals surface area contributed by atoms with Crippen LogP contribution in [-0.2, 0) is 11.3 Å². The van der Waals surface area contributed by atoms with Gasteiger partial charge in [0.05, 0.1) is 12.2 Å². The molecule has 0 spiro atoms. The van der Waals surface area contributed by atoms with E-state index in [0.29, 0.717) is 23.6 Å². The number of rotatable bonds is 9. The summed E-state index contributed by atoms with van der Waals surface area (Å²) in [4.78, 5) is 24.2. The number of hydrogen-bond acceptors (Lipinski definition) is 4. The van der Waals surface area contributed by atoms with Crippen LogP contribution in [0.25, 0.3) is 0 Å². The lowest BCUT2D eigenvalue weighted by atomic mass is 10.2. The van der Waals surface area contributed by atoms with Crippen LogP contribution in [0.1, 0.15) is 36.2 Å². The van der Waals surface area contributed by atoms with Gasteiger partial charge in [-0.15, -0.1) is 11.8 Å². The van der Waals surface area contributed by atoms with Crippen LogP contribution in [0.3, 0.4) is 0 Å². The Labute approximate surface area is 157 Å². The molecule has 2 aromatic carbocycles. The van der Waals surface area contributed by atoms with Crippen molar-refractivity contribution in [2.75, 3.05) is 6.61 Å². The summed E-state index contributed by atoms with van der Waals surface area (Å²) in [6.07, 6.45) is 0.954. The summed E-state index contributed by atoms with van der Waals surface area (Å²) in [5, 5.41) is 11.3. The average Bonchev–Trinajstić information content (AvgIpc) is 2.65. The molecule has 2 aromatic rings. The van der Waals surface area contributed by atoms with Crippen molar-refractivity contribution in [3.05, 3.63) is 59.7 Å². The molecule has 6 heteroatoms. The van der Waals surface area contributed by atoms with Crippen molar-refractivity contribution in [2.24, 2.45) is 0 Å². The number of benzene rings is 2. The van der Waals surface area contributed by atoms with E-state index < -0.39 is 11.2 Å². The number of carbonyl (C=O) groups excluding carboxylic acids is 1. The summed E-state index contributed by atoms with van der Waals surface area (Å²) < 4.78 is 5.54. The molecule has 138 valence electrons. The first-order chi connectivity index (χ1) is 12.5. The molecule has 1 amide bonds. The first-order valence-corrected chi connectivity index (χ1v) is 9.37. The normalized spacial score (nSPS) is 11.6. The van der Waals surface area contributed by atoms with Crippen LogP contribution < -0.4 is 10.1 Å². The highest BCUT2D eigenvalue weighted by molar-refractivity contribution is 8.00. The number of amides is 1. The van der Waals surface area contributed by atoms with E-state index in [-0.39, 0.29) is 5.91 Å². The number of carboxylic acid groups (broad SMARTS) is 1. The molecule has 0 aromatic heterocycles. The summed E-state index contributed by atoms with van der Waals surface area (Å²) in [7, 11) is 0. The Morgan fingerprint density at radius 2 is 1.85 bits per heavy atom. The smallest absolute Gasteiger partial charge is 0.316 e. The van der Waals surface area contributed by atoms with E-state index in [1.165, 1.54) is 0 Å². The maximum absolute atomic E-state index is 12.5. The van der Waals surface area contributed by atoms with Gasteiger partial charge < -0.3 is 15.2 Å². The molecule has 0 saturated carbocycles. The fourth-order valence-electron chi connectivity index (χ4n) is 2.20. The Morgan fingerprint density at radius 1 is 1.15 bits per heavy atom. The molecule has 0 fully saturated rings. The van der Waals surface area contributed by atoms with E-state index in [0.717, 1.165) is 29.5 Å². The zero-order valence-corrected chi connectivity index (χ0v) is 15.7. The molecule has 26 heavy (non-hydrogen) atoms. The first-order valence-electron chi connectivity index (χ1n) is 8.49. The third-order valence-electron chi connectivity index (χ3n) is 3.63. The topological polar surface area (TPSA) is 75.6 Å². The minimum absolute atomic E-state index is 0.225. The first kappa shape index (κ1) is 19.8. The van der Waals surface area contributed by atoms with Crippen molar-refractivity contribution in [2.45, 2.75) is 37.0 Å². The van der Waals surface area contributed by atoms with E-state index in [1.807, 2.05) is 24.3 Å². The molecule has 0 bridgehead atoms. The molecule has 0 heterocycles. The highest BCUT2D eigenvalue weighted by atomic mass is 32.2. The number of nitrogens with one attached hydrogen (secondary N) is 1. The summed E-state index contributed by atoms with van der Waals surface area (Å²) >= 11 is 1.16. The van der Waals surface area contributed by atoms with Crippen LogP contribution in [0.4, 0.5) is 0 Å². The lowest BCUT2D eigenvalue weighted by Gasteiger charge is -2.12. The molecule has 5 nitrogen and oxygen atoms in total. The Hall–Kier alpha value is -2.47. The molecule has 1 atom stereocenters. The molecule has 0 aliphatic heterocycles. The van der Waals surface area contributed by atoms with E-state index in [2.05, 4.69) is 12.2 Å². The summed E-state index contributed by atoms with van der Waals surface area (Å²) in [5.74, 6) is -0.320. The fraction of sp³-hybridized carbons (Fsp3) is 0.300. The predicted octanol–water partition coefficient (Wildman–Crippen LogP) is 3.97. The minimum Gasteiger partial charge on any atom is -0.494 e. The molecule has 0 aliphatic rings. The Balaban J connectivity index is 1.98. The van der Waals surface area contributed by atoms with E-state index in [9.17, 15) is 9.59 Å². The zero-order valence-electron chi connectivity index (χ0n) is 14.9. The average molecular weight is 373 g/mol. The van der Waals surface area contributed by atoms with Gasteiger partial charge in [0.15, 0.2) is 0 Å². The van der Waals surface area contributed by atoms with Crippen LogP contribution >= 0.6 is 11.8 Å². The standard InChI is InChI=1S/C20H23NO4S/c1-3-12-25-16-10-8-15(9-11-16)13-21-19(22)17-6-4-5-7-18(17)26-14(2)20(23)24/h4-11,14H,3,12-13H2,1-2H3,(H,21,22)(H,23,24). The van der Waals surface area contributed by atoms with Gasteiger partial charge in [0.2, 0.25) is 0 Å². The lowest BCUT2D eigenvalue weighted by Crippen LogP contribution is -2.23. The van der Waals surface area contributed by atoms with Gasteiger partial charge in [-0.3, -0.25) is 9.59 Å². The molecule has 2 N–H and O–H groups in total. The molecule has 0 saturated heterocycles. The Bertz CT molecular complexity index is 746. The van der Waals surface area contributed by atoms with Crippen LogP contribution in [0.5, 0.6) is 5.75 Å². The highest BCUT2D eigenvalue weighted by Crippen LogP contribution is 2.27. The second kappa shape index (κ2) is 9.87. The van der Waals surface area contributed by atoms with E-state index >= 15 is 0 Å². The minimum atomic E-state index is -0.907. The summed E-state index contributed by atoms with van der Waals surface area (Å²) in [6, 6.07) is 14.6. The van der Waals surface area contributed by atoms with Gasteiger partial charge >= 0.3 is 5.97 Å². The van der Waals surface area contributed by atoms with Crippen molar-refractivity contribution in [3.8, 4) is 5.75 Å². The van der Waals surface area contributed by atoms with Gasteiger partial charge in [-0.2, -0.15) is 0 Å². The molecule has 2 rings (SSSR count). The van der Waals surface area contributed by atoms with Gasteiger partial charge in [-0.1, -0.05) is 31.2 Å². The summed E-state index contributed by atoms with van der Waals surface area (Å²) in [5.41, 5.74) is 1.44. The third kappa shape index (κ3) is 5.81. The molecular weight excluding hydrogens is 350 g/mol. The SMILES string of the molecule is CCCOc1ccc(CNC(=O)c2ccccc2SC(C)C(=O)O)cc1. The van der Waals surface area contributed by atoms with Crippen LogP contribution in [-0.4, -0.2) is 28.8 Å². The number of thioether (sulfide) groups is 1. The number of carboxylic acids is 1. The number of hydrogen-bond donors (Lipinski definition) is 2. The van der Waals surface area contributed by atoms with Crippen LogP contribution in [0.15, 0.2) is 53.4 Å². The number of aliphatic carboxylic acids is 1. The van der Waals surface area contributed by atoms with Crippen molar-refractivity contribution in [1.82, 2.24) is 5.32 Å². The van der Waals surface area contributed by atoms with Gasteiger partial charge in [0.25, 0.3) is 5.91 Å². The van der Waals surface area contributed by atoms with E-state index in [1.54, 1.807) is 31.2 Å². The second-order valence-corrected chi connectivity index (χ2v) is 7.15. The highest BCUT2D eigenvalue weighted by Gasteiger charge is 2.17. The number of carbonyl (C=O) groups is 2. The maximum Gasteiger partial charge on any atom is 0.316 e. The van der Waals surface area contributed by atoms with Crippen LogP contribution in [0.2, 0.25) is 0 Å². The van der Waals surface area contributed by atoms with Crippen molar-refractivity contribution < 1.29 is 19.4 Å². The Kier molecular flexibility index (Phi) is 7.53. The zero-order chi connectivity index (χ0) is 18.9. The molecule has 0 radical (unpaired) electrons. The molecule has 0 aliphatic carbocycles. The Morgan fingerprint density at radius 3 is 2.50 bits per heavy atom. The summed E-state index contributed by atoms with van der Waals surface area (Å²) in [6.45, 7) is 4.72. The van der Waals surface area contributed by atoms with Gasteiger partial charge in [-0.05, 0) is 43.2 Å². The van der Waals surface area contributed by atoms with Gasteiger partial charge in [0, 0.05) is 11.4 Å². The maximum atomic E-state index is 12.5. The predicted molar refractivity (Wildman–Crippen MR) is 103 cm³/mol.